The average Bonchev–Trinajstić information content (AvgIpc) is 3.36. The van der Waals surface area contributed by atoms with E-state index in [0.29, 0.717) is 21.5 Å². The third-order valence-corrected chi connectivity index (χ3v) is 7.11. The van der Waals surface area contributed by atoms with Gasteiger partial charge in [-0.2, -0.15) is 0 Å². The maximum absolute atomic E-state index is 4.73. The molecule has 0 saturated heterocycles. The van der Waals surface area contributed by atoms with Crippen molar-refractivity contribution >= 4 is 25.1 Å². The molecule has 7 nitrogen and oxygen atoms in total. The summed E-state index contributed by atoms with van der Waals surface area (Å²) in [4.78, 5) is 9.05. The molecule has 4 aromatic rings. The van der Waals surface area contributed by atoms with Crippen LogP contribution >= 0.6 is 0 Å². The van der Waals surface area contributed by atoms with E-state index in [0.717, 1.165) is 41.6 Å². The van der Waals surface area contributed by atoms with Crippen LogP contribution in [0.1, 0.15) is 30.5 Å². The van der Waals surface area contributed by atoms with Crippen LogP contribution in [0, 0.1) is 5.92 Å². The van der Waals surface area contributed by atoms with Crippen molar-refractivity contribution in [3.63, 3.8) is 0 Å². The Hall–Kier alpha value is -2.54. The predicted molar refractivity (Wildman–Crippen MR) is 118 cm³/mol. The molecule has 0 radical (unpaired) electrons. The van der Waals surface area contributed by atoms with Crippen LogP contribution in [0.2, 0.25) is 5.82 Å². The van der Waals surface area contributed by atoms with Gasteiger partial charge in [-0.15, -0.1) is 0 Å². The SMILES string of the molecule is C[Se]c1cncc(-c2cn(Cc3cn4cc(CNCC5CCC5)ccc4n3)nn2)c1. The third-order valence-electron chi connectivity index (χ3n) is 5.66. The molecule has 0 unspecified atom stereocenters. The molecule has 1 aliphatic carbocycles. The molecule has 1 fully saturated rings. The first-order valence-electron chi connectivity index (χ1n) is 10.3. The van der Waals surface area contributed by atoms with Gasteiger partial charge in [0, 0.05) is 6.54 Å². The van der Waals surface area contributed by atoms with Crippen LogP contribution in [0.5, 0.6) is 0 Å². The Balaban J connectivity index is 1.26. The topological polar surface area (TPSA) is 72.9 Å². The Morgan fingerprint density at radius 2 is 2.10 bits per heavy atom. The quantitative estimate of drug-likeness (QED) is 0.404. The van der Waals surface area contributed by atoms with Gasteiger partial charge in [-0.3, -0.25) is 0 Å². The molecule has 8 heteroatoms. The number of rotatable bonds is 8. The summed E-state index contributed by atoms with van der Waals surface area (Å²) in [7, 11) is 0. The van der Waals surface area contributed by atoms with Crippen LogP contribution in [-0.2, 0) is 13.1 Å². The molecule has 1 saturated carbocycles. The van der Waals surface area contributed by atoms with E-state index >= 15 is 0 Å². The Labute approximate surface area is 182 Å². The van der Waals surface area contributed by atoms with E-state index in [1.165, 1.54) is 29.3 Å². The first kappa shape index (κ1) is 19.4. The van der Waals surface area contributed by atoms with Crippen molar-refractivity contribution in [1.29, 1.82) is 0 Å². The first-order chi connectivity index (χ1) is 14.8. The monoisotopic (exact) mass is 467 g/mol. The second-order valence-corrected chi connectivity index (χ2v) is 9.72. The Morgan fingerprint density at radius 1 is 1.17 bits per heavy atom. The molecule has 1 N–H and O–H groups in total. The molecule has 1 aliphatic rings. The number of pyridine rings is 2. The summed E-state index contributed by atoms with van der Waals surface area (Å²) >= 11 is 0.418. The van der Waals surface area contributed by atoms with Crippen molar-refractivity contribution in [2.75, 3.05) is 6.54 Å². The molecular formula is C22H25N7Se. The van der Waals surface area contributed by atoms with Crippen LogP contribution in [0.15, 0.2) is 49.2 Å². The van der Waals surface area contributed by atoms with E-state index < -0.39 is 0 Å². The van der Waals surface area contributed by atoms with Crippen molar-refractivity contribution in [2.45, 2.75) is 38.2 Å². The van der Waals surface area contributed by atoms with Crippen molar-refractivity contribution in [2.24, 2.45) is 5.92 Å². The summed E-state index contributed by atoms with van der Waals surface area (Å²) in [6.45, 7) is 2.62. The molecule has 0 aromatic carbocycles. The van der Waals surface area contributed by atoms with Gasteiger partial charge in [-0.05, 0) is 25.3 Å². The fourth-order valence-electron chi connectivity index (χ4n) is 3.73. The van der Waals surface area contributed by atoms with Crippen LogP contribution in [0.25, 0.3) is 16.9 Å². The number of aromatic nitrogens is 6. The first-order valence-corrected chi connectivity index (χ1v) is 12.9. The maximum atomic E-state index is 4.73. The normalized spacial score (nSPS) is 14.3. The average molecular weight is 466 g/mol. The number of hydrogen-bond donors (Lipinski definition) is 1. The standard InChI is InChI=1S/C22H25N7Se/c1-30-20-7-18(10-24-11-20)21-15-29(27-26-21)14-19-13-28-12-17(5-6-22(28)25-19)9-23-8-16-3-2-4-16/h5-7,10-13,15-16,23H,2-4,8-9,14H2,1H3. The second kappa shape index (κ2) is 8.68. The fraction of sp³-hybridized carbons (Fsp3) is 0.364. The van der Waals surface area contributed by atoms with E-state index in [-0.39, 0.29) is 0 Å². The summed E-state index contributed by atoms with van der Waals surface area (Å²) < 4.78 is 5.19. The predicted octanol–water partition coefficient (Wildman–Crippen LogP) is 2.30. The van der Waals surface area contributed by atoms with E-state index in [4.69, 9.17) is 4.98 Å². The summed E-state index contributed by atoms with van der Waals surface area (Å²) in [5.41, 5.74) is 5.05. The van der Waals surface area contributed by atoms with E-state index in [1.807, 2.05) is 23.3 Å². The van der Waals surface area contributed by atoms with Crippen molar-refractivity contribution in [1.82, 2.24) is 34.7 Å². The summed E-state index contributed by atoms with van der Waals surface area (Å²) in [5, 5.41) is 12.2. The van der Waals surface area contributed by atoms with Gasteiger partial charge < -0.3 is 5.32 Å². The minimum absolute atomic E-state index is 0.418. The van der Waals surface area contributed by atoms with Crippen molar-refractivity contribution < 1.29 is 0 Å². The molecule has 154 valence electrons. The van der Waals surface area contributed by atoms with Crippen LogP contribution in [0.3, 0.4) is 0 Å². The fourth-order valence-corrected chi connectivity index (χ4v) is 4.60. The van der Waals surface area contributed by atoms with E-state index in [2.05, 4.69) is 61.4 Å². The van der Waals surface area contributed by atoms with Gasteiger partial charge >= 0.3 is 138 Å². The molecule has 0 spiro atoms. The van der Waals surface area contributed by atoms with Gasteiger partial charge in [-0.1, -0.05) is 6.42 Å². The molecule has 4 aromatic heterocycles. The van der Waals surface area contributed by atoms with Crippen molar-refractivity contribution in [3.05, 3.63) is 60.4 Å². The Bertz CT molecular complexity index is 1150. The zero-order valence-corrected chi connectivity index (χ0v) is 18.7. The molecular weight excluding hydrogens is 441 g/mol. The number of imidazole rings is 1. The van der Waals surface area contributed by atoms with Gasteiger partial charge in [0.05, 0.1) is 0 Å². The summed E-state index contributed by atoms with van der Waals surface area (Å²) in [5.74, 6) is 3.06. The molecule has 0 bridgehead atoms. The van der Waals surface area contributed by atoms with Crippen LogP contribution in [-0.4, -0.2) is 50.9 Å². The number of hydrogen-bond acceptors (Lipinski definition) is 5. The van der Waals surface area contributed by atoms with Gasteiger partial charge in [0.25, 0.3) is 0 Å². The molecule has 0 atom stereocenters. The van der Waals surface area contributed by atoms with Crippen molar-refractivity contribution in [3.8, 4) is 11.3 Å². The molecule has 5 rings (SSSR count). The zero-order chi connectivity index (χ0) is 20.3. The summed E-state index contributed by atoms with van der Waals surface area (Å²) in [6.07, 6.45) is 14.1. The number of nitrogens with zero attached hydrogens (tertiary/aromatic N) is 6. The van der Waals surface area contributed by atoms with E-state index in [1.54, 1.807) is 0 Å². The van der Waals surface area contributed by atoms with Crippen LogP contribution < -0.4 is 9.78 Å². The molecule has 4 heterocycles. The van der Waals surface area contributed by atoms with Gasteiger partial charge in [-0.25, -0.2) is 0 Å². The Morgan fingerprint density at radius 3 is 2.93 bits per heavy atom. The number of fused-ring (bicyclic) bond motifs is 1. The minimum atomic E-state index is 0.418. The zero-order valence-electron chi connectivity index (χ0n) is 17.0. The van der Waals surface area contributed by atoms with Gasteiger partial charge in [0.15, 0.2) is 0 Å². The number of nitrogens with one attached hydrogen (secondary N) is 1. The second-order valence-electron chi connectivity index (χ2n) is 7.88. The van der Waals surface area contributed by atoms with E-state index in [9.17, 15) is 0 Å². The molecule has 0 aliphatic heterocycles. The third kappa shape index (κ3) is 4.31. The Kier molecular flexibility index (Phi) is 5.62. The van der Waals surface area contributed by atoms with Crippen LogP contribution in [0.4, 0.5) is 0 Å². The molecule has 30 heavy (non-hydrogen) atoms. The molecule has 0 amide bonds. The summed E-state index contributed by atoms with van der Waals surface area (Å²) in [6, 6.07) is 6.38. The van der Waals surface area contributed by atoms with Gasteiger partial charge in [0.1, 0.15) is 0 Å². The van der Waals surface area contributed by atoms with Gasteiger partial charge in [0.2, 0.25) is 0 Å².